The van der Waals surface area contributed by atoms with E-state index in [0.29, 0.717) is 27.7 Å². The number of amides is 1. The van der Waals surface area contributed by atoms with E-state index >= 15 is 0 Å². The zero-order valence-corrected chi connectivity index (χ0v) is 17.1. The van der Waals surface area contributed by atoms with Gasteiger partial charge in [0.15, 0.2) is 5.78 Å². The fourth-order valence-corrected chi connectivity index (χ4v) is 3.08. The van der Waals surface area contributed by atoms with Crippen molar-refractivity contribution in [3.05, 3.63) is 111 Å². The molecule has 3 nitrogen and oxygen atoms in total. The second kappa shape index (κ2) is 10.1. The molecule has 5 heteroatoms. The van der Waals surface area contributed by atoms with Gasteiger partial charge in [-0.1, -0.05) is 83.9 Å². The van der Waals surface area contributed by atoms with E-state index < -0.39 is 0 Å². The number of hydrogen-bond acceptors (Lipinski definition) is 2. The van der Waals surface area contributed by atoms with Crippen LogP contribution in [0, 0.1) is 0 Å². The highest BCUT2D eigenvalue weighted by Crippen LogP contribution is 2.24. The molecule has 1 amide bonds. The molecule has 3 rings (SSSR count). The van der Waals surface area contributed by atoms with Crippen molar-refractivity contribution >= 4 is 41.0 Å². The van der Waals surface area contributed by atoms with Crippen LogP contribution < -0.4 is 5.32 Å². The molecule has 29 heavy (non-hydrogen) atoms. The summed E-state index contributed by atoms with van der Waals surface area (Å²) in [6, 6.07) is 23.7. The molecule has 0 unspecified atom stereocenters. The van der Waals surface area contributed by atoms with Gasteiger partial charge in [0, 0.05) is 24.1 Å². The van der Waals surface area contributed by atoms with Crippen LogP contribution in [0.5, 0.6) is 0 Å². The summed E-state index contributed by atoms with van der Waals surface area (Å²) in [7, 11) is 0. The smallest absolute Gasteiger partial charge is 0.247 e. The molecule has 0 aromatic heterocycles. The maximum atomic E-state index is 12.8. The van der Waals surface area contributed by atoms with Crippen LogP contribution in [-0.4, -0.2) is 11.7 Å². The summed E-state index contributed by atoms with van der Waals surface area (Å²) < 4.78 is 0. The first kappa shape index (κ1) is 20.8. The average Bonchev–Trinajstić information content (AvgIpc) is 2.75. The molecule has 0 radical (unpaired) electrons. The van der Waals surface area contributed by atoms with Crippen molar-refractivity contribution in [3.8, 4) is 0 Å². The highest BCUT2D eigenvalue weighted by atomic mass is 35.5. The fourth-order valence-electron chi connectivity index (χ4n) is 2.78. The van der Waals surface area contributed by atoms with Gasteiger partial charge in [-0.15, -0.1) is 0 Å². The Balaban J connectivity index is 1.80. The van der Waals surface area contributed by atoms with Crippen LogP contribution in [0.15, 0.2) is 84.4 Å². The number of hydrogen-bond donors (Lipinski definition) is 1. The predicted molar refractivity (Wildman–Crippen MR) is 118 cm³/mol. The van der Waals surface area contributed by atoms with Crippen LogP contribution in [0.3, 0.4) is 0 Å². The van der Waals surface area contributed by atoms with E-state index in [1.807, 2.05) is 60.7 Å². The number of rotatable bonds is 7. The number of halogens is 2. The minimum atomic E-state index is -0.286. The molecule has 0 spiro atoms. The molecule has 3 aromatic rings. The van der Waals surface area contributed by atoms with Gasteiger partial charge in [-0.2, -0.15) is 0 Å². The van der Waals surface area contributed by atoms with Gasteiger partial charge < -0.3 is 5.32 Å². The molecule has 0 aliphatic carbocycles. The number of Topliss-reactive ketones (excluding diaryl/α,β-unsaturated/α-hetero) is 1. The molecule has 0 aliphatic heterocycles. The average molecular weight is 424 g/mol. The second-order valence-electron chi connectivity index (χ2n) is 6.48. The van der Waals surface area contributed by atoms with Gasteiger partial charge in [-0.25, -0.2) is 0 Å². The van der Waals surface area contributed by atoms with Crippen molar-refractivity contribution < 1.29 is 9.59 Å². The maximum absolute atomic E-state index is 12.8. The summed E-state index contributed by atoms with van der Waals surface area (Å²) in [6.07, 6.45) is 1.68. The van der Waals surface area contributed by atoms with Gasteiger partial charge in [-0.3, -0.25) is 9.59 Å². The van der Waals surface area contributed by atoms with E-state index in [9.17, 15) is 9.59 Å². The third-order valence-corrected chi connectivity index (χ3v) is 5.06. The topological polar surface area (TPSA) is 46.2 Å². The Morgan fingerprint density at radius 3 is 2.14 bits per heavy atom. The Kier molecular flexibility index (Phi) is 7.23. The number of nitrogens with one attached hydrogen (secondary N) is 1. The van der Waals surface area contributed by atoms with Crippen LogP contribution >= 0.6 is 23.2 Å². The molecule has 0 heterocycles. The molecular formula is C24H19Cl2NO2. The minimum absolute atomic E-state index is 0.0481. The fraction of sp³-hybridized carbons (Fsp3) is 0.0833. The van der Waals surface area contributed by atoms with Gasteiger partial charge in [0.1, 0.15) is 0 Å². The largest absolute Gasteiger partial charge is 0.348 e. The monoisotopic (exact) mass is 423 g/mol. The van der Waals surface area contributed by atoms with Crippen molar-refractivity contribution in [3.63, 3.8) is 0 Å². The zero-order valence-electron chi connectivity index (χ0n) is 15.6. The number of benzene rings is 3. The molecule has 0 fully saturated rings. The van der Waals surface area contributed by atoms with Crippen LogP contribution in [0.2, 0.25) is 10.0 Å². The summed E-state index contributed by atoms with van der Waals surface area (Å²) in [5.41, 5.74) is 2.62. The Morgan fingerprint density at radius 1 is 0.828 bits per heavy atom. The van der Waals surface area contributed by atoms with Gasteiger partial charge in [0.25, 0.3) is 0 Å². The van der Waals surface area contributed by atoms with E-state index in [1.54, 1.807) is 18.2 Å². The van der Waals surface area contributed by atoms with E-state index in [1.165, 1.54) is 6.07 Å². The summed E-state index contributed by atoms with van der Waals surface area (Å²) in [4.78, 5) is 25.6. The van der Waals surface area contributed by atoms with E-state index in [-0.39, 0.29) is 18.1 Å². The van der Waals surface area contributed by atoms with Crippen LogP contribution in [0.4, 0.5) is 0 Å². The summed E-state index contributed by atoms with van der Waals surface area (Å²) >= 11 is 12.0. The summed E-state index contributed by atoms with van der Waals surface area (Å²) in [6.45, 7) is 0.382. The first-order valence-corrected chi connectivity index (χ1v) is 9.84. The second-order valence-corrected chi connectivity index (χ2v) is 7.29. The van der Waals surface area contributed by atoms with Gasteiger partial charge >= 0.3 is 0 Å². The molecule has 146 valence electrons. The SMILES string of the molecule is O=C(NCc1ccccc1)/C(=C\c1ccccc1)CC(=O)c1ccc(Cl)c(Cl)c1. The molecule has 0 atom stereocenters. The lowest BCUT2D eigenvalue weighted by Crippen LogP contribution is -2.25. The number of carbonyl (C=O) groups excluding carboxylic acids is 2. The lowest BCUT2D eigenvalue weighted by atomic mass is 10.00. The number of carbonyl (C=O) groups is 2. The highest BCUT2D eigenvalue weighted by Gasteiger charge is 2.16. The third kappa shape index (κ3) is 6.05. The van der Waals surface area contributed by atoms with Crippen molar-refractivity contribution in [2.75, 3.05) is 0 Å². The standard InChI is InChI=1S/C24H19Cl2NO2/c25-21-12-11-19(14-22(21)26)23(28)15-20(13-17-7-3-1-4-8-17)24(29)27-16-18-9-5-2-6-10-18/h1-14H,15-16H2,(H,27,29)/b20-13-. The maximum Gasteiger partial charge on any atom is 0.247 e. The highest BCUT2D eigenvalue weighted by molar-refractivity contribution is 6.42. The predicted octanol–water partition coefficient (Wildman–Crippen LogP) is 5.97. The van der Waals surface area contributed by atoms with E-state index in [0.717, 1.165) is 11.1 Å². The van der Waals surface area contributed by atoms with Crippen LogP contribution in [-0.2, 0) is 11.3 Å². The molecule has 0 bridgehead atoms. The van der Waals surface area contributed by atoms with Crippen molar-refractivity contribution in [1.29, 1.82) is 0 Å². The Morgan fingerprint density at radius 2 is 1.48 bits per heavy atom. The quantitative estimate of drug-likeness (QED) is 0.375. The first-order valence-electron chi connectivity index (χ1n) is 9.09. The van der Waals surface area contributed by atoms with E-state index in [2.05, 4.69) is 5.32 Å². The van der Waals surface area contributed by atoms with Gasteiger partial charge in [-0.05, 0) is 35.4 Å². The lowest BCUT2D eigenvalue weighted by molar-refractivity contribution is -0.117. The van der Waals surface area contributed by atoms with Gasteiger partial charge in [0.05, 0.1) is 10.0 Å². The van der Waals surface area contributed by atoms with Crippen molar-refractivity contribution in [2.45, 2.75) is 13.0 Å². The molecule has 3 aromatic carbocycles. The Bertz CT molecular complexity index is 1030. The zero-order chi connectivity index (χ0) is 20.6. The summed E-state index contributed by atoms with van der Waals surface area (Å²) in [5, 5.41) is 3.57. The minimum Gasteiger partial charge on any atom is -0.348 e. The normalized spacial score (nSPS) is 11.2. The summed E-state index contributed by atoms with van der Waals surface area (Å²) in [5.74, 6) is -0.494. The third-order valence-electron chi connectivity index (χ3n) is 4.32. The molecule has 0 saturated heterocycles. The number of ketones is 1. The molecule has 1 N–H and O–H groups in total. The van der Waals surface area contributed by atoms with Crippen LogP contribution in [0.25, 0.3) is 6.08 Å². The van der Waals surface area contributed by atoms with Crippen molar-refractivity contribution in [1.82, 2.24) is 5.32 Å². The molecular weight excluding hydrogens is 405 g/mol. The Labute approximate surface area is 180 Å². The molecule has 0 saturated carbocycles. The Hall–Kier alpha value is -2.88. The molecule has 0 aliphatic rings. The first-order chi connectivity index (χ1) is 14.0. The van der Waals surface area contributed by atoms with Crippen LogP contribution in [0.1, 0.15) is 27.9 Å². The lowest BCUT2D eigenvalue weighted by Gasteiger charge is -2.10. The van der Waals surface area contributed by atoms with E-state index in [4.69, 9.17) is 23.2 Å². The van der Waals surface area contributed by atoms with Crippen molar-refractivity contribution in [2.24, 2.45) is 0 Å². The van der Waals surface area contributed by atoms with Gasteiger partial charge in [0.2, 0.25) is 5.91 Å².